The smallest absolute Gasteiger partial charge is 0.237 e. The number of hydrogen-bond donors (Lipinski definition) is 0. The Bertz CT molecular complexity index is 2110. The van der Waals surface area contributed by atoms with E-state index < -0.39 is 23.1 Å². The third-order valence-electron chi connectivity index (χ3n) is 8.58. The molecule has 5 aromatic rings. The highest BCUT2D eigenvalue weighted by molar-refractivity contribution is 6.55. The summed E-state index contributed by atoms with van der Waals surface area (Å²) >= 11 is 0. The maximum absolute atomic E-state index is 12.6. The summed E-state index contributed by atoms with van der Waals surface area (Å²) in [5, 5.41) is 3.64. The minimum atomic E-state index is -0.474. The third kappa shape index (κ3) is 3.51. The summed E-state index contributed by atoms with van der Waals surface area (Å²) in [6.07, 6.45) is 1.53. The van der Waals surface area contributed by atoms with Crippen molar-refractivity contribution >= 4 is 50.4 Å². The minimum Gasteiger partial charge on any atom is -0.492 e. The number of rotatable bonds is 0. The van der Waals surface area contributed by atoms with Crippen LogP contribution < -0.4 is 0 Å². The molecular weight excluding hydrogens is 528 g/mol. The Kier molecular flexibility index (Phi) is 5.67. The van der Waals surface area contributed by atoms with Crippen LogP contribution in [0.15, 0.2) is 76.9 Å². The molecule has 6 nitrogen and oxygen atoms in total. The molecule has 0 spiro atoms. The average molecular weight is 555 g/mol. The third-order valence-corrected chi connectivity index (χ3v) is 8.58. The predicted molar refractivity (Wildman–Crippen MR) is 160 cm³/mol. The number of fused-ring (bicyclic) bond motifs is 9. The van der Waals surface area contributed by atoms with Crippen LogP contribution in [0.5, 0.6) is 0 Å². The molecule has 8 rings (SSSR count). The summed E-state index contributed by atoms with van der Waals surface area (Å²) in [6.45, 7) is 8.16. The van der Waals surface area contributed by atoms with Crippen molar-refractivity contribution in [2.75, 3.05) is 6.61 Å². The zero-order valence-electron chi connectivity index (χ0n) is 23.6. The number of ether oxygens (including phenoxy) is 1. The largest absolute Gasteiger partial charge is 0.492 e. The Morgan fingerprint density at radius 2 is 1.14 bits per heavy atom. The van der Waals surface area contributed by atoms with Gasteiger partial charge >= 0.3 is 0 Å². The van der Waals surface area contributed by atoms with Gasteiger partial charge < -0.3 is 9.15 Å². The van der Waals surface area contributed by atoms with Crippen LogP contribution >= 0.6 is 0 Å². The molecule has 6 heteroatoms. The number of ketones is 4. The van der Waals surface area contributed by atoms with Gasteiger partial charge in [-0.1, -0.05) is 55.5 Å². The van der Waals surface area contributed by atoms with Crippen LogP contribution in [0.4, 0.5) is 0 Å². The molecule has 206 valence electrons. The standard InChI is InChI=1S/C18H14O3.C18H12O3/c2*1-9-4-3-5-12-11(9)6-7-13-15(12)17(20)16(19)14-10(2)8-21-18(13)14/h3-7,10H,8H2,1-2H3;3-8H,1-2H3. The molecule has 4 aromatic carbocycles. The van der Waals surface area contributed by atoms with Gasteiger partial charge in [0.25, 0.3) is 0 Å². The molecule has 0 radical (unpaired) electrons. The highest BCUT2D eigenvalue weighted by Gasteiger charge is 2.41. The summed E-state index contributed by atoms with van der Waals surface area (Å²) in [5.41, 5.74) is 6.25. The van der Waals surface area contributed by atoms with Gasteiger partial charge in [-0.2, -0.15) is 0 Å². The summed E-state index contributed by atoms with van der Waals surface area (Å²) in [7, 11) is 0. The second-order valence-electron chi connectivity index (χ2n) is 11.2. The summed E-state index contributed by atoms with van der Waals surface area (Å²) < 4.78 is 11.2. The van der Waals surface area contributed by atoms with Crippen molar-refractivity contribution in [3.05, 3.63) is 111 Å². The molecule has 2 heterocycles. The number of aryl methyl sites for hydroxylation is 3. The second-order valence-corrected chi connectivity index (χ2v) is 11.2. The van der Waals surface area contributed by atoms with E-state index in [0.717, 1.165) is 38.2 Å². The lowest BCUT2D eigenvalue weighted by Crippen LogP contribution is -2.25. The number of carbonyl (C=O) groups is 4. The van der Waals surface area contributed by atoms with Crippen LogP contribution in [-0.4, -0.2) is 29.7 Å². The molecule has 0 N–H and O–H groups in total. The van der Waals surface area contributed by atoms with Crippen LogP contribution in [0.2, 0.25) is 0 Å². The molecule has 42 heavy (non-hydrogen) atoms. The van der Waals surface area contributed by atoms with E-state index >= 15 is 0 Å². The molecule has 2 aliphatic carbocycles. The molecule has 1 atom stereocenters. The Morgan fingerprint density at radius 1 is 0.595 bits per heavy atom. The average Bonchev–Trinajstić information content (AvgIpc) is 3.57. The molecule has 1 aliphatic heterocycles. The summed E-state index contributed by atoms with van der Waals surface area (Å²) in [6, 6.07) is 19.4. The molecule has 0 saturated carbocycles. The second kappa shape index (κ2) is 9.21. The molecule has 0 fully saturated rings. The maximum Gasteiger partial charge on any atom is 0.237 e. The van der Waals surface area contributed by atoms with Gasteiger partial charge in [-0.05, 0) is 71.1 Å². The van der Waals surface area contributed by atoms with Crippen LogP contribution in [0.25, 0.3) is 38.6 Å². The lowest BCUT2D eigenvalue weighted by atomic mass is 9.82. The SMILES string of the molecule is Cc1cccc2c3c(ccc12)C1=C(C(=O)C3=O)C(C)CO1.Cc1coc2c1C(=O)C(=O)c1c-2ccc2c(C)cccc12. The van der Waals surface area contributed by atoms with E-state index in [1.165, 1.54) is 6.26 Å². The highest BCUT2D eigenvalue weighted by atomic mass is 16.5. The van der Waals surface area contributed by atoms with Gasteiger partial charge in [-0.15, -0.1) is 0 Å². The van der Waals surface area contributed by atoms with Gasteiger partial charge in [0, 0.05) is 28.2 Å². The van der Waals surface area contributed by atoms with E-state index in [2.05, 4.69) is 0 Å². The molecule has 0 amide bonds. The van der Waals surface area contributed by atoms with Gasteiger partial charge in [0.1, 0.15) is 11.5 Å². The fraction of sp³-hybridized carbons (Fsp3) is 0.167. The Hall–Kier alpha value is -5.10. The molecular formula is C36H26O6. The van der Waals surface area contributed by atoms with Crippen molar-refractivity contribution in [1.29, 1.82) is 0 Å². The lowest BCUT2D eigenvalue weighted by Gasteiger charge is -2.19. The molecule has 0 saturated heterocycles. The van der Waals surface area contributed by atoms with Crippen LogP contribution in [0.1, 0.15) is 60.3 Å². The van der Waals surface area contributed by atoms with Crippen molar-refractivity contribution in [3.63, 3.8) is 0 Å². The molecule has 1 aromatic heterocycles. The highest BCUT2D eigenvalue weighted by Crippen LogP contribution is 2.42. The fourth-order valence-electron chi connectivity index (χ4n) is 6.43. The van der Waals surface area contributed by atoms with Crippen LogP contribution in [0, 0.1) is 26.7 Å². The van der Waals surface area contributed by atoms with Gasteiger partial charge in [-0.25, -0.2) is 0 Å². The Balaban J connectivity index is 0.000000137. The number of Topliss-reactive ketones (excluding diaryl/α,β-unsaturated/α-hetero) is 4. The minimum absolute atomic E-state index is 0.0159. The van der Waals surface area contributed by atoms with E-state index in [-0.39, 0.29) is 5.92 Å². The topological polar surface area (TPSA) is 90.7 Å². The first-order valence-electron chi connectivity index (χ1n) is 13.9. The first-order chi connectivity index (χ1) is 20.2. The molecule has 1 unspecified atom stereocenters. The van der Waals surface area contributed by atoms with Crippen LogP contribution in [0.3, 0.4) is 0 Å². The molecule has 3 aliphatic rings. The number of furan rings is 1. The van der Waals surface area contributed by atoms with Gasteiger partial charge in [0.2, 0.25) is 23.1 Å². The molecule has 0 bridgehead atoms. The summed E-state index contributed by atoms with van der Waals surface area (Å²) in [4.78, 5) is 50.0. The normalized spacial score (nSPS) is 17.0. The van der Waals surface area contributed by atoms with E-state index in [0.29, 0.717) is 51.5 Å². The number of benzene rings is 4. The quantitative estimate of drug-likeness (QED) is 0.185. The van der Waals surface area contributed by atoms with E-state index in [4.69, 9.17) is 9.15 Å². The van der Waals surface area contributed by atoms with Crippen molar-refractivity contribution in [2.24, 2.45) is 5.92 Å². The van der Waals surface area contributed by atoms with Gasteiger partial charge in [0.15, 0.2) is 0 Å². The fourth-order valence-corrected chi connectivity index (χ4v) is 6.43. The predicted octanol–water partition coefficient (Wildman–Crippen LogP) is 7.39. The van der Waals surface area contributed by atoms with Crippen molar-refractivity contribution in [3.8, 4) is 11.3 Å². The Labute approximate surface area is 241 Å². The monoisotopic (exact) mass is 554 g/mol. The van der Waals surface area contributed by atoms with Crippen molar-refractivity contribution in [2.45, 2.75) is 27.7 Å². The first-order valence-corrected chi connectivity index (χ1v) is 13.9. The van der Waals surface area contributed by atoms with Crippen molar-refractivity contribution in [1.82, 2.24) is 0 Å². The zero-order valence-corrected chi connectivity index (χ0v) is 23.6. The van der Waals surface area contributed by atoms with Crippen LogP contribution in [-0.2, 0) is 9.53 Å². The van der Waals surface area contributed by atoms with Gasteiger partial charge in [-0.3, -0.25) is 19.2 Å². The lowest BCUT2D eigenvalue weighted by molar-refractivity contribution is -0.112. The van der Waals surface area contributed by atoms with E-state index in [1.807, 2.05) is 81.4 Å². The van der Waals surface area contributed by atoms with E-state index in [1.54, 1.807) is 6.92 Å². The first kappa shape index (κ1) is 25.8. The number of carbonyl (C=O) groups excluding carboxylic acids is 4. The van der Waals surface area contributed by atoms with Crippen molar-refractivity contribution < 1.29 is 28.3 Å². The number of hydrogen-bond acceptors (Lipinski definition) is 6. The van der Waals surface area contributed by atoms with Gasteiger partial charge in [0.05, 0.1) is 24.0 Å². The maximum atomic E-state index is 12.6. The summed E-state index contributed by atoms with van der Waals surface area (Å²) in [5.74, 6) is -0.636. The zero-order chi connectivity index (χ0) is 29.4. The Morgan fingerprint density at radius 3 is 1.79 bits per heavy atom. The van der Waals surface area contributed by atoms with E-state index in [9.17, 15) is 19.2 Å².